The molecule has 0 aromatic heterocycles. The molecule has 21 heavy (non-hydrogen) atoms. The molecule has 0 atom stereocenters. The fourth-order valence-electron chi connectivity index (χ4n) is 2.46. The Balaban J connectivity index is 2.03. The molecule has 0 saturated heterocycles. The third kappa shape index (κ3) is 2.52. The van der Waals surface area contributed by atoms with Crippen molar-refractivity contribution in [2.24, 2.45) is 0 Å². The number of ether oxygens (including phenoxy) is 1. The van der Waals surface area contributed by atoms with Gasteiger partial charge in [0.1, 0.15) is 5.75 Å². The van der Waals surface area contributed by atoms with Crippen molar-refractivity contribution in [2.45, 2.75) is 6.92 Å². The SMILES string of the molecule is COc1cc(C(=O)c2ccc3ccccc3c2)ccc1C. The minimum absolute atomic E-state index is 0.0130. The number of aryl methyl sites for hydroxylation is 1. The predicted octanol–water partition coefficient (Wildman–Crippen LogP) is 4.39. The molecule has 3 aromatic rings. The minimum atomic E-state index is 0.0130. The molecule has 3 aromatic carbocycles. The predicted molar refractivity (Wildman–Crippen MR) is 85.1 cm³/mol. The molecule has 0 fully saturated rings. The van der Waals surface area contributed by atoms with Crippen LogP contribution in [0.2, 0.25) is 0 Å². The summed E-state index contributed by atoms with van der Waals surface area (Å²) in [6.07, 6.45) is 0. The van der Waals surface area contributed by atoms with Gasteiger partial charge in [-0.2, -0.15) is 0 Å². The van der Waals surface area contributed by atoms with Gasteiger partial charge in [0, 0.05) is 11.1 Å². The van der Waals surface area contributed by atoms with Gasteiger partial charge < -0.3 is 4.74 Å². The maximum Gasteiger partial charge on any atom is 0.193 e. The van der Waals surface area contributed by atoms with Crippen molar-refractivity contribution in [3.63, 3.8) is 0 Å². The van der Waals surface area contributed by atoms with Gasteiger partial charge in [0.25, 0.3) is 0 Å². The molecule has 0 bridgehead atoms. The highest BCUT2D eigenvalue weighted by Crippen LogP contribution is 2.22. The first-order valence-corrected chi connectivity index (χ1v) is 6.87. The number of carbonyl (C=O) groups is 1. The van der Waals surface area contributed by atoms with Crippen molar-refractivity contribution >= 4 is 16.6 Å². The molecule has 3 rings (SSSR count). The molecule has 0 N–H and O–H groups in total. The van der Waals surface area contributed by atoms with Crippen LogP contribution in [0.5, 0.6) is 5.75 Å². The molecule has 0 aliphatic carbocycles. The fourth-order valence-corrected chi connectivity index (χ4v) is 2.46. The molecule has 0 saturated carbocycles. The number of benzene rings is 3. The number of carbonyl (C=O) groups excluding carboxylic acids is 1. The van der Waals surface area contributed by atoms with Crippen LogP contribution in [-0.2, 0) is 0 Å². The Morgan fingerprint density at radius 3 is 2.29 bits per heavy atom. The standard InChI is InChI=1S/C19H16O2/c1-13-7-8-17(12-18(13)21-2)19(20)16-10-9-14-5-3-4-6-15(14)11-16/h3-12H,1-2H3. The first kappa shape index (κ1) is 13.4. The van der Waals surface area contributed by atoms with E-state index in [2.05, 4.69) is 0 Å². The van der Waals surface area contributed by atoms with Gasteiger partial charge in [-0.15, -0.1) is 0 Å². The number of rotatable bonds is 3. The molecule has 2 nitrogen and oxygen atoms in total. The van der Waals surface area contributed by atoms with Crippen LogP contribution >= 0.6 is 0 Å². The van der Waals surface area contributed by atoms with E-state index in [-0.39, 0.29) is 5.78 Å². The van der Waals surface area contributed by atoms with Gasteiger partial charge in [-0.25, -0.2) is 0 Å². The van der Waals surface area contributed by atoms with Crippen LogP contribution in [0.15, 0.2) is 60.7 Å². The van der Waals surface area contributed by atoms with Crippen molar-refractivity contribution in [1.29, 1.82) is 0 Å². The summed E-state index contributed by atoms with van der Waals surface area (Å²) in [4.78, 5) is 12.6. The van der Waals surface area contributed by atoms with Gasteiger partial charge in [-0.1, -0.05) is 48.5 Å². The summed E-state index contributed by atoms with van der Waals surface area (Å²) in [5.74, 6) is 0.751. The Kier molecular flexibility index (Phi) is 3.44. The summed E-state index contributed by atoms with van der Waals surface area (Å²) < 4.78 is 5.29. The van der Waals surface area contributed by atoms with Gasteiger partial charge in [0.15, 0.2) is 5.78 Å². The van der Waals surface area contributed by atoms with Gasteiger partial charge in [-0.3, -0.25) is 4.79 Å². The molecule has 0 spiro atoms. The van der Waals surface area contributed by atoms with Crippen LogP contribution in [0.3, 0.4) is 0 Å². The quantitative estimate of drug-likeness (QED) is 0.663. The van der Waals surface area contributed by atoms with Crippen LogP contribution in [-0.4, -0.2) is 12.9 Å². The van der Waals surface area contributed by atoms with Crippen LogP contribution in [0.4, 0.5) is 0 Å². The van der Waals surface area contributed by atoms with Crippen LogP contribution < -0.4 is 4.74 Å². The molecule has 0 unspecified atom stereocenters. The van der Waals surface area contributed by atoms with E-state index in [1.54, 1.807) is 13.2 Å². The van der Waals surface area contributed by atoms with E-state index in [9.17, 15) is 4.79 Å². The van der Waals surface area contributed by atoms with Crippen molar-refractivity contribution in [2.75, 3.05) is 7.11 Å². The Labute approximate surface area is 124 Å². The lowest BCUT2D eigenvalue weighted by Crippen LogP contribution is -2.02. The second-order valence-corrected chi connectivity index (χ2v) is 5.08. The second-order valence-electron chi connectivity index (χ2n) is 5.08. The van der Waals surface area contributed by atoms with E-state index in [0.29, 0.717) is 11.1 Å². The van der Waals surface area contributed by atoms with Crippen molar-refractivity contribution in [3.8, 4) is 5.75 Å². The average molecular weight is 276 g/mol. The smallest absolute Gasteiger partial charge is 0.193 e. The van der Waals surface area contributed by atoms with Gasteiger partial charge in [0.2, 0.25) is 0 Å². The zero-order chi connectivity index (χ0) is 14.8. The number of methoxy groups -OCH3 is 1. The molecule has 0 aliphatic heterocycles. The Bertz CT molecular complexity index is 819. The van der Waals surface area contributed by atoms with E-state index in [0.717, 1.165) is 22.1 Å². The third-order valence-electron chi connectivity index (χ3n) is 3.68. The topological polar surface area (TPSA) is 26.3 Å². The summed E-state index contributed by atoms with van der Waals surface area (Å²) in [5, 5.41) is 2.21. The van der Waals surface area contributed by atoms with Crippen LogP contribution in [0.25, 0.3) is 10.8 Å². The van der Waals surface area contributed by atoms with Gasteiger partial charge in [0.05, 0.1) is 7.11 Å². The molecule has 0 amide bonds. The van der Waals surface area contributed by atoms with Gasteiger partial charge >= 0.3 is 0 Å². The first-order valence-electron chi connectivity index (χ1n) is 6.87. The zero-order valence-corrected chi connectivity index (χ0v) is 12.1. The number of hydrogen-bond donors (Lipinski definition) is 0. The van der Waals surface area contributed by atoms with E-state index < -0.39 is 0 Å². The number of ketones is 1. The molecular weight excluding hydrogens is 260 g/mol. The highest BCUT2D eigenvalue weighted by molar-refractivity contribution is 6.10. The summed E-state index contributed by atoms with van der Waals surface area (Å²) in [6.45, 7) is 1.96. The molecule has 2 heteroatoms. The third-order valence-corrected chi connectivity index (χ3v) is 3.68. The fraction of sp³-hybridized carbons (Fsp3) is 0.105. The molecule has 0 heterocycles. The Morgan fingerprint density at radius 1 is 0.857 bits per heavy atom. The minimum Gasteiger partial charge on any atom is -0.496 e. The largest absolute Gasteiger partial charge is 0.496 e. The van der Waals surface area contributed by atoms with E-state index in [1.165, 1.54) is 0 Å². The van der Waals surface area contributed by atoms with Gasteiger partial charge in [-0.05, 0) is 35.4 Å². The summed E-state index contributed by atoms with van der Waals surface area (Å²) in [7, 11) is 1.62. The summed E-state index contributed by atoms with van der Waals surface area (Å²) >= 11 is 0. The highest BCUT2D eigenvalue weighted by Gasteiger charge is 2.11. The summed E-state index contributed by atoms with van der Waals surface area (Å²) in [5.41, 5.74) is 2.36. The van der Waals surface area contributed by atoms with E-state index >= 15 is 0 Å². The lowest BCUT2D eigenvalue weighted by molar-refractivity contribution is 0.103. The molecule has 0 aliphatic rings. The molecular formula is C19H16O2. The van der Waals surface area contributed by atoms with E-state index in [4.69, 9.17) is 4.74 Å². The molecule has 0 radical (unpaired) electrons. The van der Waals surface area contributed by atoms with Crippen LogP contribution in [0, 0.1) is 6.92 Å². The lowest BCUT2D eigenvalue weighted by Gasteiger charge is -2.08. The highest BCUT2D eigenvalue weighted by atomic mass is 16.5. The maximum absolute atomic E-state index is 12.6. The summed E-state index contributed by atoms with van der Waals surface area (Å²) in [6, 6.07) is 19.4. The first-order chi connectivity index (χ1) is 10.2. The van der Waals surface area contributed by atoms with Crippen molar-refractivity contribution in [1.82, 2.24) is 0 Å². The van der Waals surface area contributed by atoms with Crippen LogP contribution in [0.1, 0.15) is 21.5 Å². The zero-order valence-electron chi connectivity index (χ0n) is 12.1. The second kappa shape index (κ2) is 5.41. The maximum atomic E-state index is 12.6. The number of fused-ring (bicyclic) bond motifs is 1. The average Bonchev–Trinajstić information content (AvgIpc) is 2.54. The Morgan fingerprint density at radius 2 is 1.52 bits per heavy atom. The molecule has 104 valence electrons. The van der Waals surface area contributed by atoms with Crippen molar-refractivity contribution < 1.29 is 9.53 Å². The Hall–Kier alpha value is -2.61. The van der Waals surface area contributed by atoms with Crippen molar-refractivity contribution in [3.05, 3.63) is 77.4 Å². The lowest BCUT2D eigenvalue weighted by atomic mass is 9.99. The monoisotopic (exact) mass is 276 g/mol. The number of hydrogen-bond acceptors (Lipinski definition) is 2. The normalized spacial score (nSPS) is 10.6. The van der Waals surface area contributed by atoms with E-state index in [1.807, 2.05) is 61.5 Å².